The topological polar surface area (TPSA) is 87.5 Å². The Balaban J connectivity index is 1.47. The molecule has 7 nitrogen and oxygen atoms in total. The maximum Gasteiger partial charge on any atom is 0.259 e. The molecule has 7 heteroatoms. The van der Waals surface area contributed by atoms with Gasteiger partial charge in [0.2, 0.25) is 5.91 Å². The van der Waals surface area contributed by atoms with Gasteiger partial charge in [-0.25, -0.2) is 0 Å². The average Bonchev–Trinajstić information content (AvgIpc) is 3.26. The Morgan fingerprint density at radius 1 is 0.971 bits per heavy atom. The maximum absolute atomic E-state index is 13.6. The van der Waals surface area contributed by atoms with Crippen LogP contribution in [0, 0.1) is 6.92 Å². The first-order chi connectivity index (χ1) is 16.6. The van der Waals surface area contributed by atoms with Crippen LogP contribution in [-0.2, 0) is 4.79 Å². The Morgan fingerprint density at radius 2 is 1.68 bits per heavy atom. The van der Waals surface area contributed by atoms with Crippen molar-refractivity contribution in [2.24, 2.45) is 0 Å². The second-order valence-corrected chi connectivity index (χ2v) is 8.65. The minimum atomic E-state index is -0.0751. The van der Waals surface area contributed by atoms with Gasteiger partial charge < -0.3 is 20.1 Å². The van der Waals surface area contributed by atoms with E-state index in [0.717, 1.165) is 30.5 Å². The molecule has 1 aliphatic heterocycles. The van der Waals surface area contributed by atoms with Gasteiger partial charge in [-0.05, 0) is 38.3 Å². The summed E-state index contributed by atoms with van der Waals surface area (Å²) >= 11 is 0. The van der Waals surface area contributed by atoms with Crippen LogP contribution in [0.25, 0.3) is 11.3 Å². The van der Waals surface area contributed by atoms with Gasteiger partial charge in [-0.1, -0.05) is 65.8 Å². The predicted octanol–water partition coefficient (Wildman–Crippen LogP) is 4.11. The van der Waals surface area contributed by atoms with E-state index in [1.807, 2.05) is 53.4 Å². The van der Waals surface area contributed by atoms with E-state index in [0.29, 0.717) is 49.5 Å². The molecule has 0 bridgehead atoms. The number of amides is 2. The summed E-state index contributed by atoms with van der Waals surface area (Å²) < 4.78 is 5.42. The minimum absolute atomic E-state index is 0.0136. The summed E-state index contributed by atoms with van der Waals surface area (Å²) in [6.45, 7) is 4.28. The lowest BCUT2D eigenvalue weighted by Gasteiger charge is -2.23. The van der Waals surface area contributed by atoms with E-state index >= 15 is 0 Å². The number of benzene rings is 2. The molecule has 1 aliphatic rings. The van der Waals surface area contributed by atoms with Crippen molar-refractivity contribution < 1.29 is 14.1 Å². The molecular formula is C27H32N4O3. The monoisotopic (exact) mass is 460 g/mol. The summed E-state index contributed by atoms with van der Waals surface area (Å²) in [7, 11) is 0. The van der Waals surface area contributed by atoms with Crippen molar-refractivity contribution in [3.63, 3.8) is 0 Å². The number of carbonyl (C=O) groups is 2. The van der Waals surface area contributed by atoms with Crippen LogP contribution in [-0.4, -0.2) is 48.0 Å². The number of nitrogens with one attached hydrogen (secondary N) is 2. The van der Waals surface area contributed by atoms with Crippen molar-refractivity contribution in [2.75, 3.05) is 26.2 Å². The lowest BCUT2D eigenvalue weighted by atomic mass is 10.0. The number of hydrogen-bond donors (Lipinski definition) is 2. The number of carbonyl (C=O) groups excluding carboxylic acids is 2. The SMILES string of the molecule is Cc1onc(-c2ccccc2)c1C(=O)N1CCCCNC(c2ccccc2)CC(=O)NCCC1. The van der Waals surface area contributed by atoms with E-state index in [1.54, 1.807) is 6.92 Å². The van der Waals surface area contributed by atoms with Gasteiger partial charge >= 0.3 is 0 Å². The minimum Gasteiger partial charge on any atom is -0.360 e. The molecule has 3 aromatic rings. The van der Waals surface area contributed by atoms with Crippen LogP contribution in [0.1, 0.15) is 53.4 Å². The van der Waals surface area contributed by atoms with Crippen LogP contribution in [0.15, 0.2) is 65.2 Å². The molecule has 1 atom stereocenters. The smallest absolute Gasteiger partial charge is 0.259 e. The maximum atomic E-state index is 13.6. The van der Waals surface area contributed by atoms with Gasteiger partial charge in [-0.3, -0.25) is 9.59 Å². The molecule has 0 saturated carbocycles. The van der Waals surface area contributed by atoms with Crippen LogP contribution in [0.4, 0.5) is 0 Å². The highest BCUT2D eigenvalue weighted by molar-refractivity contribution is 6.00. The zero-order chi connectivity index (χ0) is 23.8. The molecule has 2 aromatic carbocycles. The Kier molecular flexibility index (Phi) is 8.09. The Bertz CT molecular complexity index is 1080. The number of aromatic nitrogens is 1. The normalized spacial score (nSPS) is 18.3. The molecule has 0 aliphatic carbocycles. The summed E-state index contributed by atoms with van der Waals surface area (Å²) in [5.41, 5.74) is 3.06. The third-order valence-electron chi connectivity index (χ3n) is 6.18. The largest absolute Gasteiger partial charge is 0.360 e. The van der Waals surface area contributed by atoms with Gasteiger partial charge in [0.1, 0.15) is 17.0 Å². The lowest BCUT2D eigenvalue weighted by Crippen LogP contribution is -2.35. The summed E-state index contributed by atoms with van der Waals surface area (Å²) in [5.74, 6) is 0.459. The highest BCUT2D eigenvalue weighted by Crippen LogP contribution is 2.26. The summed E-state index contributed by atoms with van der Waals surface area (Å²) in [5, 5.41) is 10.7. The summed E-state index contributed by atoms with van der Waals surface area (Å²) in [4.78, 5) is 28.0. The third-order valence-corrected chi connectivity index (χ3v) is 6.18. The fourth-order valence-corrected chi connectivity index (χ4v) is 4.34. The number of rotatable bonds is 3. The standard InChI is InChI=1S/C27H32N4O3/c1-20-25(26(30-34-20)22-13-6-3-7-14-22)27(33)31-17-9-8-15-28-23(21-11-4-2-5-12-21)19-24(32)29-16-10-18-31/h2-7,11-14,23,28H,8-10,15-19H2,1H3,(H,29,32). The quantitative estimate of drug-likeness (QED) is 0.614. The van der Waals surface area contributed by atoms with Gasteiger partial charge in [0, 0.05) is 37.7 Å². The number of aryl methyl sites for hydroxylation is 1. The zero-order valence-corrected chi connectivity index (χ0v) is 19.6. The molecule has 1 saturated heterocycles. The number of nitrogens with zero attached hydrogens (tertiary/aromatic N) is 2. The van der Waals surface area contributed by atoms with Crippen LogP contribution in [0.2, 0.25) is 0 Å². The van der Waals surface area contributed by atoms with Gasteiger partial charge in [0.15, 0.2) is 0 Å². The third kappa shape index (κ3) is 5.91. The first-order valence-electron chi connectivity index (χ1n) is 12.0. The zero-order valence-electron chi connectivity index (χ0n) is 19.6. The molecule has 34 heavy (non-hydrogen) atoms. The Labute approximate surface area is 200 Å². The molecule has 1 fully saturated rings. The van der Waals surface area contributed by atoms with E-state index < -0.39 is 0 Å². The summed E-state index contributed by atoms with van der Waals surface area (Å²) in [6, 6.07) is 19.7. The van der Waals surface area contributed by atoms with E-state index in [-0.39, 0.29) is 17.9 Å². The molecule has 0 radical (unpaired) electrons. The van der Waals surface area contributed by atoms with Crippen molar-refractivity contribution in [2.45, 2.75) is 38.6 Å². The van der Waals surface area contributed by atoms with Gasteiger partial charge in [0.25, 0.3) is 5.91 Å². The predicted molar refractivity (Wildman–Crippen MR) is 131 cm³/mol. The van der Waals surface area contributed by atoms with Gasteiger partial charge in [-0.2, -0.15) is 0 Å². The summed E-state index contributed by atoms with van der Waals surface area (Å²) in [6.07, 6.45) is 2.86. The fraction of sp³-hybridized carbons (Fsp3) is 0.370. The lowest BCUT2D eigenvalue weighted by molar-refractivity contribution is -0.121. The van der Waals surface area contributed by atoms with Gasteiger partial charge in [-0.15, -0.1) is 0 Å². The number of hydrogen-bond acceptors (Lipinski definition) is 5. The molecule has 2 heterocycles. The van der Waals surface area contributed by atoms with Crippen molar-refractivity contribution in [1.82, 2.24) is 20.7 Å². The van der Waals surface area contributed by atoms with Crippen molar-refractivity contribution in [3.8, 4) is 11.3 Å². The second-order valence-electron chi connectivity index (χ2n) is 8.65. The fourth-order valence-electron chi connectivity index (χ4n) is 4.34. The van der Waals surface area contributed by atoms with E-state index in [9.17, 15) is 9.59 Å². The molecule has 4 rings (SSSR count). The van der Waals surface area contributed by atoms with Crippen molar-refractivity contribution in [1.29, 1.82) is 0 Å². The van der Waals surface area contributed by atoms with E-state index in [2.05, 4.69) is 27.9 Å². The van der Waals surface area contributed by atoms with Gasteiger partial charge in [0.05, 0.1) is 0 Å². The van der Waals surface area contributed by atoms with Crippen molar-refractivity contribution >= 4 is 11.8 Å². The molecule has 2 N–H and O–H groups in total. The molecule has 1 aromatic heterocycles. The highest BCUT2D eigenvalue weighted by Gasteiger charge is 2.26. The molecule has 2 amide bonds. The molecule has 0 spiro atoms. The Morgan fingerprint density at radius 3 is 2.44 bits per heavy atom. The van der Waals surface area contributed by atoms with Crippen LogP contribution in [0.5, 0.6) is 0 Å². The van der Waals surface area contributed by atoms with Crippen LogP contribution in [0.3, 0.4) is 0 Å². The molecule has 178 valence electrons. The van der Waals surface area contributed by atoms with Crippen LogP contribution >= 0.6 is 0 Å². The first-order valence-corrected chi connectivity index (χ1v) is 12.0. The second kappa shape index (κ2) is 11.6. The molecular weight excluding hydrogens is 428 g/mol. The highest BCUT2D eigenvalue weighted by atomic mass is 16.5. The Hall–Kier alpha value is -3.45. The first kappa shape index (κ1) is 23.7. The van der Waals surface area contributed by atoms with E-state index in [1.165, 1.54) is 0 Å². The van der Waals surface area contributed by atoms with E-state index in [4.69, 9.17) is 4.52 Å². The van der Waals surface area contributed by atoms with Crippen molar-refractivity contribution in [3.05, 3.63) is 77.6 Å². The average molecular weight is 461 g/mol. The van der Waals surface area contributed by atoms with Crippen LogP contribution < -0.4 is 10.6 Å². The molecule has 1 unspecified atom stereocenters.